The second-order valence-corrected chi connectivity index (χ2v) is 5.36. The molecule has 0 aliphatic heterocycles. The van der Waals surface area contributed by atoms with Crippen molar-refractivity contribution in [3.8, 4) is 11.3 Å². The molecule has 0 saturated heterocycles. The van der Waals surface area contributed by atoms with Crippen molar-refractivity contribution in [2.45, 2.75) is 26.8 Å². The molecule has 1 aromatic heterocycles. The third kappa shape index (κ3) is 4.88. The van der Waals surface area contributed by atoms with E-state index in [-0.39, 0.29) is 0 Å². The number of halogens is 1. The molecule has 0 spiro atoms. The Bertz CT molecular complexity index is 566. The fourth-order valence-corrected chi connectivity index (χ4v) is 2.21. The van der Waals surface area contributed by atoms with Gasteiger partial charge in [-0.25, -0.2) is 0 Å². The number of ether oxygens (including phenoxy) is 1. The molecule has 1 N–H and O–H groups in total. The van der Waals surface area contributed by atoms with E-state index in [0.29, 0.717) is 0 Å². The van der Waals surface area contributed by atoms with Crippen molar-refractivity contribution in [1.29, 1.82) is 0 Å². The molecule has 0 aliphatic rings. The molecule has 0 aliphatic carbocycles. The van der Waals surface area contributed by atoms with Crippen molar-refractivity contribution in [3.05, 3.63) is 46.7 Å². The van der Waals surface area contributed by atoms with Gasteiger partial charge in [0, 0.05) is 23.8 Å². The van der Waals surface area contributed by atoms with Crippen LogP contribution in [0, 0.1) is 6.92 Å². The summed E-state index contributed by atoms with van der Waals surface area (Å²) in [6, 6.07) is 9.96. The summed E-state index contributed by atoms with van der Waals surface area (Å²) in [7, 11) is 0. The van der Waals surface area contributed by atoms with Gasteiger partial charge >= 0.3 is 0 Å². The van der Waals surface area contributed by atoms with Crippen molar-refractivity contribution in [2.75, 3.05) is 19.8 Å². The van der Waals surface area contributed by atoms with Gasteiger partial charge in [0.2, 0.25) is 0 Å². The quantitative estimate of drug-likeness (QED) is 0.733. The summed E-state index contributed by atoms with van der Waals surface area (Å²) in [4.78, 5) is 0. The molecule has 1 aromatic carbocycles. The zero-order chi connectivity index (χ0) is 15.1. The van der Waals surface area contributed by atoms with Gasteiger partial charge in [0.15, 0.2) is 0 Å². The first kappa shape index (κ1) is 16.1. The highest BCUT2D eigenvalue weighted by atomic mass is 35.5. The van der Waals surface area contributed by atoms with Gasteiger partial charge < -0.3 is 14.5 Å². The average Bonchev–Trinajstić information content (AvgIpc) is 2.94. The number of furan rings is 1. The van der Waals surface area contributed by atoms with E-state index < -0.39 is 0 Å². The van der Waals surface area contributed by atoms with Crippen LogP contribution in [0.25, 0.3) is 11.3 Å². The maximum absolute atomic E-state index is 6.15. The van der Waals surface area contributed by atoms with E-state index in [1.807, 2.05) is 44.2 Å². The highest BCUT2D eigenvalue weighted by Crippen LogP contribution is 2.26. The second kappa shape index (κ2) is 8.23. The van der Waals surface area contributed by atoms with Gasteiger partial charge in [0.05, 0.1) is 6.54 Å². The minimum absolute atomic E-state index is 0.728. The van der Waals surface area contributed by atoms with E-state index in [4.69, 9.17) is 20.8 Å². The number of nitrogens with one attached hydrogen (secondary N) is 1. The highest BCUT2D eigenvalue weighted by molar-refractivity contribution is 6.31. The number of hydrogen-bond acceptors (Lipinski definition) is 3. The van der Waals surface area contributed by atoms with Crippen LogP contribution in [0.15, 0.2) is 34.7 Å². The zero-order valence-electron chi connectivity index (χ0n) is 12.6. The summed E-state index contributed by atoms with van der Waals surface area (Å²) in [6.45, 7) is 7.23. The van der Waals surface area contributed by atoms with Gasteiger partial charge in [-0.05, 0) is 50.6 Å². The summed E-state index contributed by atoms with van der Waals surface area (Å²) in [6.07, 6.45) is 1.01. The number of aryl methyl sites for hydroxylation is 1. The first-order chi connectivity index (χ1) is 10.2. The number of rotatable bonds is 8. The van der Waals surface area contributed by atoms with E-state index in [9.17, 15) is 0 Å². The Balaban J connectivity index is 1.85. The third-order valence-electron chi connectivity index (χ3n) is 3.26. The Kier molecular flexibility index (Phi) is 6.30. The first-order valence-corrected chi connectivity index (χ1v) is 7.72. The molecule has 0 saturated carbocycles. The molecule has 0 unspecified atom stereocenters. The molecule has 2 aromatic rings. The molecule has 0 bridgehead atoms. The van der Waals surface area contributed by atoms with Crippen molar-refractivity contribution in [2.24, 2.45) is 0 Å². The van der Waals surface area contributed by atoms with Crippen LogP contribution in [0.2, 0.25) is 5.02 Å². The smallest absolute Gasteiger partial charge is 0.134 e. The van der Waals surface area contributed by atoms with E-state index >= 15 is 0 Å². The summed E-state index contributed by atoms with van der Waals surface area (Å²) in [5.41, 5.74) is 2.08. The first-order valence-electron chi connectivity index (χ1n) is 7.34. The molecule has 0 radical (unpaired) electrons. The standard InChI is InChI=1S/C17H22ClNO2/c1-3-20-10-4-9-19-12-15-7-8-17(21-15)14-6-5-13(2)16(18)11-14/h5-8,11,19H,3-4,9-10,12H2,1-2H3. The van der Waals surface area contributed by atoms with Crippen LogP contribution in [0.1, 0.15) is 24.7 Å². The topological polar surface area (TPSA) is 34.4 Å². The Morgan fingerprint density at radius 2 is 2.10 bits per heavy atom. The van der Waals surface area contributed by atoms with Crippen LogP contribution >= 0.6 is 11.6 Å². The Labute approximate surface area is 131 Å². The molecule has 0 fully saturated rings. The van der Waals surface area contributed by atoms with Gasteiger partial charge in [-0.3, -0.25) is 0 Å². The minimum Gasteiger partial charge on any atom is -0.460 e. The normalized spacial score (nSPS) is 11.0. The van der Waals surface area contributed by atoms with Crippen LogP contribution in [-0.2, 0) is 11.3 Å². The summed E-state index contributed by atoms with van der Waals surface area (Å²) in [5, 5.41) is 4.11. The number of benzene rings is 1. The molecule has 0 atom stereocenters. The van der Waals surface area contributed by atoms with Crippen molar-refractivity contribution >= 4 is 11.6 Å². The van der Waals surface area contributed by atoms with Crippen molar-refractivity contribution in [1.82, 2.24) is 5.32 Å². The predicted octanol–water partition coefficient (Wildman–Crippen LogP) is 4.42. The Morgan fingerprint density at radius 1 is 1.24 bits per heavy atom. The molecule has 4 heteroatoms. The van der Waals surface area contributed by atoms with Gasteiger partial charge in [0.25, 0.3) is 0 Å². The van der Waals surface area contributed by atoms with Gasteiger partial charge in [-0.2, -0.15) is 0 Å². The molecule has 114 valence electrons. The monoisotopic (exact) mass is 307 g/mol. The van der Waals surface area contributed by atoms with Gasteiger partial charge in [0.1, 0.15) is 11.5 Å². The molecule has 1 heterocycles. The van der Waals surface area contributed by atoms with Crippen LogP contribution < -0.4 is 5.32 Å². The molecule has 2 rings (SSSR count). The predicted molar refractivity (Wildman–Crippen MR) is 86.7 cm³/mol. The number of hydrogen-bond donors (Lipinski definition) is 1. The molecule has 0 amide bonds. The fourth-order valence-electron chi connectivity index (χ4n) is 2.03. The average molecular weight is 308 g/mol. The SMILES string of the molecule is CCOCCCNCc1ccc(-c2ccc(C)c(Cl)c2)o1. The van der Waals surface area contributed by atoms with Crippen molar-refractivity contribution in [3.63, 3.8) is 0 Å². The lowest BCUT2D eigenvalue weighted by molar-refractivity contribution is 0.144. The fraction of sp³-hybridized carbons (Fsp3) is 0.412. The van der Waals surface area contributed by atoms with E-state index in [0.717, 1.165) is 60.4 Å². The second-order valence-electron chi connectivity index (χ2n) is 4.96. The molecular weight excluding hydrogens is 286 g/mol. The summed E-state index contributed by atoms with van der Waals surface area (Å²) in [5.74, 6) is 1.78. The minimum atomic E-state index is 0.728. The van der Waals surface area contributed by atoms with E-state index in [2.05, 4.69) is 5.32 Å². The summed E-state index contributed by atoms with van der Waals surface area (Å²) >= 11 is 6.15. The van der Waals surface area contributed by atoms with E-state index in [1.54, 1.807) is 0 Å². The van der Waals surface area contributed by atoms with Crippen molar-refractivity contribution < 1.29 is 9.15 Å². The molecule has 3 nitrogen and oxygen atoms in total. The van der Waals surface area contributed by atoms with E-state index in [1.165, 1.54) is 0 Å². The highest BCUT2D eigenvalue weighted by Gasteiger charge is 2.06. The zero-order valence-corrected chi connectivity index (χ0v) is 13.4. The largest absolute Gasteiger partial charge is 0.460 e. The van der Waals surface area contributed by atoms with Crippen LogP contribution in [-0.4, -0.2) is 19.8 Å². The lowest BCUT2D eigenvalue weighted by Crippen LogP contribution is -2.15. The van der Waals surface area contributed by atoms with Gasteiger partial charge in [-0.15, -0.1) is 0 Å². The molecule has 21 heavy (non-hydrogen) atoms. The lowest BCUT2D eigenvalue weighted by atomic mass is 10.1. The lowest BCUT2D eigenvalue weighted by Gasteiger charge is -2.03. The third-order valence-corrected chi connectivity index (χ3v) is 3.67. The molecular formula is C17H22ClNO2. The Morgan fingerprint density at radius 3 is 2.86 bits per heavy atom. The maximum Gasteiger partial charge on any atom is 0.134 e. The summed E-state index contributed by atoms with van der Waals surface area (Å²) < 4.78 is 11.1. The van der Waals surface area contributed by atoms with Crippen LogP contribution in [0.5, 0.6) is 0 Å². The Hall–Kier alpha value is -1.29. The van der Waals surface area contributed by atoms with Crippen LogP contribution in [0.3, 0.4) is 0 Å². The van der Waals surface area contributed by atoms with Gasteiger partial charge in [-0.1, -0.05) is 23.7 Å². The van der Waals surface area contributed by atoms with Crippen LogP contribution in [0.4, 0.5) is 0 Å². The maximum atomic E-state index is 6.15.